The van der Waals surface area contributed by atoms with Gasteiger partial charge in [0.1, 0.15) is 5.76 Å². The summed E-state index contributed by atoms with van der Waals surface area (Å²) in [6.45, 7) is 4.31. The van der Waals surface area contributed by atoms with E-state index in [1.807, 2.05) is 18.7 Å². The van der Waals surface area contributed by atoms with Crippen LogP contribution in [0.25, 0.3) is 0 Å². The van der Waals surface area contributed by atoms with Gasteiger partial charge in [-0.3, -0.25) is 9.69 Å². The summed E-state index contributed by atoms with van der Waals surface area (Å²) in [7, 11) is 0. The van der Waals surface area contributed by atoms with Gasteiger partial charge in [0.2, 0.25) is 5.89 Å². The van der Waals surface area contributed by atoms with Crippen LogP contribution in [-0.2, 0) is 11.3 Å². The molecule has 0 unspecified atom stereocenters. The number of oxazole rings is 1. The number of aromatic nitrogens is 1. The van der Waals surface area contributed by atoms with E-state index in [-0.39, 0.29) is 6.54 Å². The van der Waals surface area contributed by atoms with Crippen molar-refractivity contribution >= 4 is 5.97 Å². The van der Waals surface area contributed by atoms with Crippen molar-refractivity contribution in [3.05, 3.63) is 17.3 Å². The van der Waals surface area contributed by atoms with Crippen molar-refractivity contribution in [1.29, 1.82) is 0 Å². The quantitative estimate of drug-likeness (QED) is 0.817. The average Bonchev–Trinajstić information content (AvgIpc) is 2.94. The van der Waals surface area contributed by atoms with Crippen LogP contribution in [0.2, 0.25) is 0 Å². The molecule has 88 valence electrons. The standard InChI is InChI=1S/C11H16N2O3/c1-7-8(2)16-10(12-7)5-13(6-11(14)15)9-3-4-9/h9H,3-6H2,1-2H3,(H,14,15). The van der Waals surface area contributed by atoms with Crippen LogP contribution in [0.5, 0.6) is 0 Å². The number of carbonyl (C=O) groups is 1. The second-order valence-electron chi connectivity index (χ2n) is 4.28. The van der Waals surface area contributed by atoms with Gasteiger partial charge in [-0.2, -0.15) is 0 Å². The molecule has 0 amide bonds. The Morgan fingerprint density at radius 3 is 2.69 bits per heavy atom. The summed E-state index contributed by atoms with van der Waals surface area (Å²) in [5.41, 5.74) is 0.876. The predicted molar refractivity (Wildman–Crippen MR) is 57.0 cm³/mol. The van der Waals surface area contributed by atoms with Crippen LogP contribution in [0.1, 0.15) is 30.2 Å². The second kappa shape index (κ2) is 4.25. The topological polar surface area (TPSA) is 66.6 Å². The third-order valence-corrected chi connectivity index (χ3v) is 2.81. The zero-order valence-electron chi connectivity index (χ0n) is 9.56. The molecule has 1 N–H and O–H groups in total. The van der Waals surface area contributed by atoms with E-state index in [0.717, 1.165) is 24.3 Å². The molecule has 0 radical (unpaired) electrons. The molecule has 16 heavy (non-hydrogen) atoms. The Balaban J connectivity index is 2.02. The molecular weight excluding hydrogens is 208 g/mol. The molecule has 1 fully saturated rings. The van der Waals surface area contributed by atoms with Crippen molar-refractivity contribution in [3.8, 4) is 0 Å². The molecule has 2 rings (SSSR count). The first-order valence-corrected chi connectivity index (χ1v) is 5.45. The van der Waals surface area contributed by atoms with Crippen molar-refractivity contribution in [1.82, 2.24) is 9.88 Å². The van der Waals surface area contributed by atoms with Crippen LogP contribution < -0.4 is 0 Å². The minimum absolute atomic E-state index is 0.0607. The fourth-order valence-electron chi connectivity index (χ4n) is 1.71. The largest absolute Gasteiger partial charge is 0.480 e. The lowest BCUT2D eigenvalue weighted by Gasteiger charge is -2.17. The van der Waals surface area contributed by atoms with Gasteiger partial charge < -0.3 is 9.52 Å². The van der Waals surface area contributed by atoms with Crippen LogP contribution in [-0.4, -0.2) is 33.5 Å². The molecule has 0 saturated heterocycles. The Hall–Kier alpha value is -1.36. The summed E-state index contributed by atoms with van der Waals surface area (Å²) in [5.74, 6) is 0.621. The highest BCUT2D eigenvalue weighted by atomic mass is 16.4. The molecule has 0 bridgehead atoms. The van der Waals surface area contributed by atoms with Gasteiger partial charge in [0.15, 0.2) is 0 Å². The lowest BCUT2D eigenvalue weighted by Crippen LogP contribution is -2.31. The fraction of sp³-hybridized carbons (Fsp3) is 0.636. The Labute approximate surface area is 94.1 Å². The molecule has 1 saturated carbocycles. The van der Waals surface area contributed by atoms with Crippen molar-refractivity contribution in [3.63, 3.8) is 0 Å². The first-order chi connectivity index (χ1) is 7.56. The number of carboxylic acid groups (broad SMARTS) is 1. The third-order valence-electron chi connectivity index (χ3n) is 2.81. The second-order valence-corrected chi connectivity index (χ2v) is 4.28. The van der Waals surface area contributed by atoms with Crippen LogP contribution >= 0.6 is 0 Å². The summed E-state index contributed by atoms with van der Waals surface area (Å²) in [4.78, 5) is 16.9. The summed E-state index contributed by atoms with van der Waals surface area (Å²) in [6.07, 6.45) is 2.15. The number of aliphatic carboxylic acids is 1. The Bertz CT molecular complexity index is 376. The first kappa shape index (κ1) is 11.1. The molecule has 1 heterocycles. The number of aryl methyl sites for hydroxylation is 2. The zero-order chi connectivity index (χ0) is 11.7. The fourth-order valence-corrected chi connectivity index (χ4v) is 1.71. The molecule has 0 spiro atoms. The van der Waals surface area contributed by atoms with Crippen LogP contribution in [0.15, 0.2) is 4.42 Å². The van der Waals surface area contributed by atoms with Gasteiger partial charge in [-0.05, 0) is 26.7 Å². The molecule has 1 aliphatic carbocycles. The van der Waals surface area contributed by atoms with Gasteiger partial charge in [-0.15, -0.1) is 0 Å². The summed E-state index contributed by atoms with van der Waals surface area (Å²) >= 11 is 0. The third kappa shape index (κ3) is 2.61. The number of carboxylic acids is 1. The molecule has 0 atom stereocenters. The first-order valence-electron chi connectivity index (χ1n) is 5.45. The van der Waals surface area contributed by atoms with E-state index in [2.05, 4.69) is 4.98 Å². The number of hydrogen-bond donors (Lipinski definition) is 1. The van der Waals surface area contributed by atoms with Crippen molar-refractivity contribution in [2.24, 2.45) is 0 Å². The normalized spacial score (nSPS) is 15.7. The van der Waals surface area contributed by atoms with Gasteiger partial charge in [0.05, 0.1) is 18.8 Å². The minimum atomic E-state index is -0.799. The van der Waals surface area contributed by atoms with Crippen LogP contribution in [0.4, 0.5) is 0 Å². The summed E-state index contributed by atoms with van der Waals surface area (Å²) in [6, 6.07) is 0.392. The predicted octanol–water partition coefficient (Wildman–Crippen LogP) is 1.34. The van der Waals surface area contributed by atoms with Gasteiger partial charge in [-0.1, -0.05) is 0 Å². The average molecular weight is 224 g/mol. The Morgan fingerprint density at radius 1 is 1.56 bits per heavy atom. The van der Waals surface area contributed by atoms with Crippen molar-refractivity contribution in [2.45, 2.75) is 39.3 Å². The molecule has 5 heteroatoms. The van der Waals surface area contributed by atoms with Crippen LogP contribution in [0.3, 0.4) is 0 Å². The molecular formula is C11H16N2O3. The van der Waals surface area contributed by atoms with Gasteiger partial charge >= 0.3 is 5.97 Å². The molecule has 5 nitrogen and oxygen atoms in total. The molecule has 0 aliphatic heterocycles. The molecule has 1 aromatic rings. The molecule has 0 aromatic carbocycles. The van der Waals surface area contributed by atoms with E-state index in [1.54, 1.807) is 0 Å². The Morgan fingerprint density at radius 2 is 2.25 bits per heavy atom. The monoisotopic (exact) mass is 224 g/mol. The van der Waals surface area contributed by atoms with E-state index in [4.69, 9.17) is 9.52 Å². The number of rotatable bonds is 5. The lowest BCUT2D eigenvalue weighted by molar-refractivity contribution is -0.138. The smallest absolute Gasteiger partial charge is 0.317 e. The van der Waals surface area contributed by atoms with Crippen LogP contribution in [0, 0.1) is 13.8 Å². The SMILES string of the molecule is Cc1nc(CN(CC(=O)O)C2CC2)oc1C. The highest BCUT2D eigenvalue weighted by Crippen LogP contribution is 2.28. The summed E-state index contributed by atoms with van der Waals surface area (Å²) < 4.78 is 5.46. The molecule has 1 aliphatic rings. The summed E-state index contributed by atoms with van der Waals surface area (Å²) in [5, 5.41) is 8.81. The van der Waals surface area contributed by atoms with E-state index in [1.165, 1.54) is 0 Å². The Kier molecular flexibility index (Phi) is 2.96. The van der Waals surface area contributed by atoms with Gasteiger partial charge in [0.25, 0.3) is 0 Å². The van der Waals surface area contributed by atoms with Gasteiger partial charge in [0, 0.05) is 6.04 Å². The van der Waals surface area contributed by atoms with E-state index in [9.17, 15) is 4.79 Å². The highest BCUT2D eigenvalue weighted by molar-refractivity contribution is 5.69. The van der Waals surface area contributed by atoms with Crippen molar-refractivity contribution in [2.75, 3.05) is 6.54 Å². The number of nitrogens with zero attached hydrogens (tertiary/aromatic N) is 2. The maximum Gasteiger partial charge on any atom is 0.317 e. The minimum Gasteiger partial charge on any atom is -0.480 e. The number of hydrogen-bond acceptors (Lipinski definition) is 4. The van der Waals surface area contributed by atoms with E-state index >= 15 is 0 Å². The van der Waals surface area contributed by atoms with E-state index in [0.29, 0.717) is 18.5 Å². The van der Waals surface area contributed by atoms with Crippen molar-refractivity contribution < 1.29 is 14.3 Å². The maximum absolute atomic E-state index is 10.7. The van der Waals surface area contributed by atoms with E-state index < -0.39 is 5.97 Å². The lowest BCUT2D eigenvalue weighted by atomic mass is 10.4. The maximum atomic E-state index is 10.7. The zero-order valence-corrected chi connectivity index (χ0v) is 9.56. The highest BCUT2D eigenvalue weighted by Gasteiger charge is 2.31. The molecule has 1 aromatic heterocycles. The van der Waals surface area contributed by atoms with Gasteiger partial charge in [-0.25, -0.2) is 4.98 Å².